The lowest BCUT2D eigenvalue weighted by molar-refractivity contribution is 0.0943. The highest BCUT2D eigenvalue weighted by atomic mass is 16.6. The zero-order valence-electron chi connectivity index (χ0n) is 21.9. The first-order chi connectivity index (χ1) is 18.6. The number of H-pyrrole nitrogens is 1. The lowest BCUT2D eigenvalue weighted by Crippen LogP contribution is -2.35. The van der Waals surface area contributed by atoms with E-state index >= 15 is 0 Å². The van der Waals surface area contributed by atoms with Crippen LogP contribution in [0.15, 0.2) is 47.6 Å². The number of likely N-dealkylation sites (N-methyl/N-ethyl adjacent to an activating group) is 1. The van der Waals surface area contributed by atoms with Crippen molar-refractivity contribution in [3.05, 3.63) is 59.4 Å². The summed E-state index contributed by atoms with van der Waals surface area (Å²) in [6.07, 6.45) is 2.87. The second-order valence-corrected chi connectivity index (χ2v) is 9.57. The van der Waals surface area contributed by atoms with Gasteiger partial charge in [0.05, 0.1) is 12.3 Å². The molecule has 38 heavy (non-hydrogen) atoms. The lowest BCUT2D eigenvalue weighted by atomic mass is 10.1. The number of carbonyl (C=O) groups is 1. The first-order valence-electron chi connectivity index (χ1n) is 13.3. The molecule has 3 aromatic rings. The maximum absolute atomic E-state index is 13.0. The largest absolute Gasteiger partial charge is 0.390 e. The highest BCUT2D eigenvalue weighted by molar-refractivity contribution is 6.01. The van der Waals surface area contributed by atoms with Crippen molar-refractivity contribution in [3.63, 3.8) is 0 Å². The Balaban J connectivity index is 1.25. The normalized spacial score (nSPS) is 16.7. The van der Waals surface area contributed by atoms with Crippen LogP contribution in [0.3, 0.4) is 0 Å². The number of benzene rings is 1. The Morgan fingerprint density at radius 2 is 1.92 bits per heavy atom. The first kappa shape index (κ1) is 25.7. The van der Waals surface area contributed by atoms with Gasteiger partial charge < -0.3 is 25.7 Å². The van der Waals surface area contributed by atoms with Crippen molar-refractivity contribution in [1.29, 1.82) is 0 Å². The maximum atomic E-state index is 13.0. The van der Waals surface area contributed by atoms with Gasteiger partial charge in [-0.2, -0.15) is 10.1 Å². The predicted octanol–water partition coefficient (Wildman–Crippen LogP) is 3.50. The Morgan fingerprint density at radius 1 is 1.11 bits per heavy atom. The molecular formula is C27H35N9O2. The fourth-order valence-electron chi connectivity index (χ4n) is 4.34. The maximum Gasteiger partial charge on any atom is 0.270 e. The van der Waals surface area contributed by atoms with E-state index in [9.17, 15) is 4.79 Å². The summed E-state index contributed by atoms with van der Waals surface area (Å²) in [6.45, 7) is 7.85. The van der Waals surface area contributed by atoms with Gasteiger partial charge in [-0.25, -0.2) is 4.98 Å². The molecule has 5 rings (SSSR count). The van der Waals surface area contributed by atoms with Crippen molar-refractivity contribution in [1.82, 2.24) is 30.4 Å². The van der Waals surface area contributed by atoms with E-state index < -0.39 is 0 Å². The molecule has 2 aromatic heterocycles. The number of hydrogen-bond donors (Lipinski definition) is 4. The number of aromatic nitrogens is 4. The third-order valence-corrected chi connectivity index (χ3v) is 6.77. The minimum atomic E-state index is -0.252. The van der Waals surface area contributed by atoms with Gasteiger partial charge in [0.25, 0.3) is 5.91 Å². The Bertz CT molecular complexity index is 1250. The van der Waals surface area contributed by atoms with Gasteiger partial charge in [0.15, 0.2) is 5.82 Å². The summed E-state index contributed by atoms with van der Waals surface area (Å²) in [5.74, 6) is 1.78. The summed E-state index contributed by atoms with van der Waals surface area (Å²) in [6, 6.07) is 13.6. The number of nitrogens with one attached hydrogen (secondary N) is 4. The van der Waals surface area contributed by atoms with E-state index in [4.69, 9.17) is 4.84 Å². The number of aromatic amines is 1. The van der Waals surface area contributed by atoms with Crippen LogP contribution in [0.1, 0.15) is 60.8 Å². The first-order valence-corrected chi connectivity index (χ1v) is 13.3. The van der Waals surface area contributed by atoms with Crippen molar-refractivity contribution >= 4 is 29.2 Å². The molecule has 4 N–H and O–H groups in total. The quantitative estimate of drug-likeness (QED) is 0.271. The average molecular weight is 518 g/mol. The molecule has 1 amide bonds. The van der Waals surface area contributed by atoms with Crippen molar-refractivity contribution in [2.24, 2.45) is 5.16 Å². The third kappa shape index (κ3) is 6.65. The number of nitrogens with zero attached hydrogens (tertiary/aromatic N) is 5. The molecule has 2 aliphatic rings. The van der Waals surface area contributed by atoms with Crippen molar-refractivity contribution in [2.75, 3.05) is 43.4 Å². The molecule has 1 unspecified atom stereocenters. The van der Waals surface area contributed by atoms with Gasteiger partial charge in [-0.05, 0) is 31.5 Å². The van der Waals surface area contributed by atoms with Crippen LogP contribution >= 0.6 is 0 Å². The number of rotatable bonds is 13. The second-order valence-electron chi connectivity index (χ2n) is 9.57. The number of amides is 1. The van der Waals surface area contributed by atoms with Crippen molar-refractivity contribution in [2.45, 2.75) is 45.1 Å². The van der Waals surface area contributed by atoms with E-state index in [1.54, 1.807) is 6.07 Å². The summed E-state index contributed by atoms with van der Waals surface area (Å²) in [5, 5.41) is 21.1. The molecule has 1 aliphatic heterocycles. The van der Waals surface area contributed by atoms with E-state index in [1.165, 1.54) is 12.8 Å². The van der Waals surface area contributed by atoms with Gasteiger partial charge in [0.2, 0.25) is 5.95 Å². The Morgan fingerprint density at radius 3 is 2.68 bits per heavy atom. The summed E-state index contributed by atoms with van der Waals surface area (Å²) >= 11 is 0. The van der Waals surface area contributed by atoms with Crippen LogP contribution in [0.25, 0.3) is 0 Å². The van der Waals surface area contributed by atoms with E-state index in [0.29, 0.717) is 43.0 Å². The van der Waals surface area contributed by atoms with Gasteiger partial charge in [-0.1, -0.05) is 49.3 Å². The van der Waals surface area contributed by atoms with Crippen LogP contribution in [-0.4, -0.2) is 75.5 Å². The topological polar surface area (TPSA) is 132 Å². The molecule has 11 heteroatoms. The molecule has 0 bridgehead atoms. The van der Waals surface area contributed by atoms with E-state index in [0.717, 1.165) is 36.6 Å². The summed E-state index contributed by atoms with van der Waals surface area (Å²) < 4.78 is 0. The molecule has 3 heterocycles. The fourth-order valence-corrected chi connectivity index (χ4v) is 4.34. The van der Waals surface area contributed by atoms with E-state index in [2.05, 4.69) is 60.0 Å². The molecule has 0 spiro atoms. The number of oxime groups is 1. The van der Waals surface area contributed by atoms with Crippen LogP contribution in [0.2, 0.25) is 0 Å². The van der Waals surface area contributed by atoms with Crippen LogP contribution in [0.4, 0.5) is 17.6 Å². The molecule has 200 valence electrons. The highest BCUT2D eigenvalue weighted by Crippen LogP contribution is 2.39. The van der Waals surface area contributed by atoms with Gasteiger partial charge in [-0.15, -0.1) is 0 Å². The molecule has 1 atom stereocenters. The number of anilines is 3. The average Bonchev–Trinajstić information content (AvgIpc) is 3.50. The van der Waals surface area contributed by atoms with Crippen LogP contribution in [0, 0.1) is 0 Å². The Labute approximate surface area is 222 Å². The number of hydrogen-bond acceptors (Lipinski definition) is 9. The Kier molecular flexibility index (Phi) is 8.12. The summed E-state index contributed by atoms with van der Waals surface area (Å²) in [4.78, 5) is 29.9. The highest BCUT2D eigenvalue weighted by Gasteiger charge is 2.26. The lowest BCUT2D eigenvalue weighted by Gasteiger charge is -2.18. The molecule has 1 aliphatic carbocycles. The SMILES string of the molecule is CCN(CC)CCNC(=O)c1cc(Nc2cc(C3CC3)[nH]n2)nc(NCC2CC(c3ccccc3)=NO2)n1. The van der Waals surface area contributed by atoms with Crippen molar-refractivity contribution in [3.8, 4) is 0 Å². The molecule has 1 saturated carbocycles. The summed E-state index contributed by atoms with van der Waals surface area (Å²) in [5.41, 5.74) is 3.34. The standard InChI is InChI=1S/C27H35N9O2/c1-3-36(4-2)13-12-28-26(37)23-16-24(31-25-15-21(33-34-25)19-10-11-19)32-27(30-23)29-17-20-14-22(35-38-20)18-8-6-5-7-9-18/h5-9,15-16,19-20H,3-4,10-14,17H2,1-2H3,(H,28,37)(H3,29,30,31,32,33,34). The van der Waals surface area contributed by atoms with Crippen LogP contribution in [0.5, 0.6) is 0 Å². The van der Waals surface area contributed by atoms with Gasteiger partial charge in [0, 0.05) is 43.3 Å². The zero-order chi connectivity index (χ0) is 26.3. The molecule has 0 radical (unpaired) electrons. The van der Waals surface area contributed by atoms with Gasteiger partial charge >= 0.3 is 0 Å². The Hall–Kier alpha value is -3.99. The monoisotopic (exact) mass is 517 g/mol. The molecular weight excluding hydrogens is 482 g/mol. The molecule has 1 fully saturated rings. The zero-order valence-corrected chi connectivity index (χ0v) is 21.9. The molecule has 11 nitrogen and oxygen atoms in total. The molecule has 1 aromatic carbocycles. The minimum absolute atomic E-state index is 0.163. The van der Waals surface area contributed by atoms with E-state index in [-0.39, 0.29) is 17.7 Å². The fraction of sp³-hybridized carbons (Fsp3) is 0.444. The second kappa shape index (κ2) is 12.0. The smallest absolute Gasteiger partial charge is 0.270 e. The predicted molar refractivity (Wildman–Crippen MR) is 147 cm³/mol. The molecule has 0 saturated heterocycles. The minimum Gasteiger partial charge on any atom is -0.390 e. The van der Waals surface area contributed by atoms with Crippen LogP contribution < -0.4 is 16.0 Å². The summed E-state index contributed by atoms with van der Waals surface area (Å²) in [7, 11) is 0. The van der Waals surface area contributed by atoms with Crippen LogP contribution in [-0.2, 0) is 4.84 Å². The number of carbonyl (C=O) groups excluding carboxylic acids is 1. The van der Waals surface area contributed by atoms with Gasteiger partial charge in [0.1, 0.15) is 17.6 Å². The van der Waals surface area contributed by atoms with Crippen molar-refractivity contribution < 1.29 is 9.63 Å². The van der Waals surface area contributed by atoms with Gasteiger partial charge in [-0.3, -0.25) is 9.89 Å². The van der Waals surface area contributed by atoms with E-state index in [1.807, 2.05) is 36.4 Å². The third-order valence-electron chi connectivity index (χ3n) is 6.77.